The van der Waals surface area contributed by atoms with Crippen molar-refractivity contribution in [3.8, 4) is 5.69 Å². The second-order valence-electron chi connectivity index (χ2n) is 13.6. The van der Waals surface area contributed by atoms with Crippen LogP contribution in [0.1, 0.15) is 51.5 Å². The van der Waals surface area contributed by atoms with E-state index in [1.54, 1.807) is 6.07 Å². The Balaban J connectivity index is 1.20. The van der Waals surface area contributed by atoms with Gasteiger partial charge in [0.2, 0.25) is 5.91 Å². The summed E-state index contributed by atoms with van der Waals surface area (Å²) in [7, 11) is 0. The molecule has 10 heteroatoms. The van der Waals surface area contributed by atoms with Crippen LogP contribution in [0.2, 0.25) is 0 Å². The number of benzene rings is 2. The van der Waals surface area contributed by atoms with Gasteiger partial charge in [0, 0.05) is 49.4 Å². The van der Waals surface area contributed by atoms with Crippen molar-refractivity contribution in [2.45, 2.75) is 64.1 Å². The molecule has 2 aliphatic heterocycles. The second kappa shape index (κ2) is 11.8. The Bertz CT molecular complexity index is 1740. The molecule has 4 heterocycles. The lowest BCUT2D eigenvalue weighted by Gasteiger charge is -2.51. The Morgan fingerprint density at radius 2 is 1.60 bits per heavy atom. The number of fused-ring (bicyclic) bond motifs is 1. The summed E-state index contributed by atoms with van der Waals surface area (Å²) in [6.07, 6.45) is 3.42. The minimum absolute atomic E-state index is 0.00676. The molecule has 0 bridgehead atoms. The van der Waals surface area contributed by atoms with Crippen LogP contribution in [0.25, 0.3) is 16.7 Å². The average molecular weight is 612 g/mol. The first kappa shape index (κ1) is 30.6. The van der Waals surface area contributed by atoms with Crippen LogP contribution in [0.3, 0.4) is 0 Å². The highest BCUT2D eigenvalue weighted by atomic mass is 16.4. The monoisotopic (exact) mass is 611 g/mol. The van der Waals surface area contributed by atoms with E-state index in [0.717, 1.165) is 11.3 Å². The smallest absolute Gasteiger partial charge is 0.407 e. The maximum absolute atomic E-state index is 14.2. The van der Waals surface area contributed by atoms with Crippen molar-refractivity contribution in [1.82, 2.24) is 23.9 Å². The summed E-state index contributed by atoms with van der Waals surface area (Å²) in [6.45, 7) is 7.17. The largest absolute Gasteiger partial charge is 0.465 e. The molecule has 3 atom stereocenters. The SMILES string of the molecule is CC(C)(C)C1[C@@H](c2ccccc2)[C@H](C(=O)N2CCC(O)(Cn3cnc4c(ccn4-c4ccccc4)c3=O)CC2)CCN1C(=O)O. The fourth-order valence-electron chi connectivity index (χ4n) is 7.42. The van der Waals surface area contributed by atoms with E-state index in [9.17, 15) is 24.6 Å². The van der Waals surface area contributed by atoms with E-state index in [4.69, 9.17) is 0 Å². The number of likely N-dealkylation sites (tertiary alicyclic amines) is 2. The molecule has 0 radical (unpaired) electrons. The van der Waals surface area contributed by atoms with Crippen LogP contribution in [0.5, 0.6) is 0 Å². The molecule has 2 amide bonds. The lowest BCUT2D eigenvalue weighted by atomic mass is 9.66. The molecule has 0 saturated carbocycles. The molecule has 2 saturated heterocycles. The van der Waals surface area contributed by atoms with E-state index in [-0.39, 0.29) is 35.9 Å². The lowest BCUT2D eigenvalue weighted by molar-refractivity contribution is -0.144. The van der Waals surface area contributed by atoms with Gasteiger partial charge in [-0.2, -0.15) is 0 Å². The maximum Gasteiger partial charge on any atom is 0.407 e. The van der Waals surface area contributed by atoms with Crippen molar-refractivity contribution < 1.29 is 19.8 Å². The van der Waals surface area contributed by atoms with Crippen LogP contribution >= 0.6 is 0 Å². The number of hydrogen-bond donors (Lipinski definition) is 2. The summed E-state index contributed by atoms with van der Waals surface area (Å²) in [5.41, 5.74) is 0.640. The summed E-state index contributed by atoms with van der Waals surface area (Å²) in [4.78, 5) is 47.8. The number of rotatable bonds is 5. The van der Waals surface area contributed by atoms with Crippen molar-refractivity contribution >= 4 is 23.0 Å². The quantitative estimate of drug-likeness (QED) is 0.336. The third-order valence-electron chi connectivity index (χ3n) is 9.60. The molecule has 0 aliphatic carbocycles. The zero-order valence-corrected chi connectivity index (χ0v) is 26.0. The van der Waals surface area contributed by atoms with Crippen LogP contribution in [-0.4, -0.2) is 77.4 Å². The van der Waals surface area contributed by atoms with Crippen LogP contribution in [0.15, 0.2) is 84.0 Å². The first-order chi connectivity index (χ1) is 21.5. The van der Waals surface area contributed by atoms with E-state index in [2.05, 4.69) is 4.98 Å². The van der Waals surface area contributed by atoms with Gasteiger partial charge in [-0.05, 0) is 48.4 Å². The molecule has 10 nitrogen and oxygen atoms in total. The van der Waals surface area contributed by atoms with E-state index in [0.29, 0.717) is 49.9 Å². The molecule has 4 aromatic rings. The van der Waals surface area contributed by atoms with Gasteiger partial charge in [-0.25, -0.2) is 9.78 Å². The van der Waals surface area contributed by atoms with E-state index >= 15 is 0 Å². The van der Waals surface area contributed by atoms with Gasteiger partial charge < -0.3 is 24.6 Å². The first-order valence-electron chi connectivity index (χ1n) is 15.6. The number of aromatic nitrogens is 3. The topological polar surface area (TPSA) is 121 Å². The van der Waals surface area contributed by atoms with Gasteiger partial charge in [0.25, 0.3) is 5.56 Å². The number of nitrogens with zero attached hydrogens (tertiary/aromatic N) is 5. The number of para-hydroxylation sites is 1. The molecule has 2 aromatic carbocycles. The second-order valence-corrected chi connectivity index (χ2v) is 13.6. The van der Waals surface area contributed by atoms with E-state index in [1.165, 1.54) is 15.8 Å². The number of carbonyl (C=O) groups is 2. The zero-order valence-electron chi connectivity index (χ0n) is 26.0. The van der Waals surface area contributed by atoms with Crippen LogP contribution in [0.4, 0.5) is 4.79 Å². The van der Waals surface area contributed by atoms with Gasteiger partial charge in [-0.15, -0.1) is 0 Å². The van der Waals surface area contributed by atoms with E-state index < -0.39 is 17.1 Å². The summed E-state index contributed by atoms with van der Waals surface area (Å²) in [6, 6.07) is 20.8. The Morgan fingerprint density at radius 3 is 2.22 bits per heavy atom. The number of carboxylic acid groups (broad SMARTS) is 1. The van der Waals surface area contributed by atoms with Gasteiger partial charge in [0.1, 0.15) is 6.33 Å². The maximum atomic E-state index is 14.2. The third kappa shape index (κ3) is 5.86. The molecule has 2 N–H and O–H groups in total. The average Bonchev–Trinajstić information content (AvgIpc) is 3.47. The Labute approximate surface area is 262 Å². The minimum Gasteiger partial charge on any atom is -0.465 e. The number of aliphatic hydroxyl groups is 1. The highest BCUT2D eigenvalue weighted by Gasteiger charge is 2.50. The molecule has 2 aliphatic rings. The third-order valence-corrected chi connectivity index (χ3v) is 9.60. The van der Waals surface area contributed by atoms with Gasteiger partial charge in [-0.1, -0.05) is 69.3 Å². The number of hydrogen-bond acceptors (Lipinski definition) is 5. The molecular weight excluding hydrogens is 570 g/mol. The number of piperidine rings is 2. The summed E-state index contributed by atoms with van der Waals surface area (Å²) in [5, 5.41) is 22.2. The molecule has 45 heavy (non-hydrogen) atoms. The van der Waals surface area contributed by atoms with Gasteiger partial charge in [-0.3, -0.25) is 14.2 Å². The lowest BCUT2D eigenvalue weighted by Crippen LogP contribution is -2.59. The predicted octanol–water partition coefficient (Wildman–Crippen LogP) is 4.74. The highest BCUT2D eigenvalue weighted by Crippen LogP contribution is 2.45. The Kier molecular flexibility index (Phi) is 8.03. The van der Waals surface area contributed by atoms with Crippen LogP contribution in [-0.2, 0) is 11.3 Å². The molecule has 2 fully saturated rings. The van der Waals surface area contributed by atoms with Crippen molar-refractivity contribution in [3.05, 3.63) is 95.2 Å². The fraction of sp³-hybridized carbons (Fsp3) is 0.429. The fourth-order valence-corrected chi connectivity index (χ4v) is 7.42. The van der Waals surface area contributed by atoms with E-state index in [1.807, 2.05) is 97.1 Å². The molecule has 1 unspecified atom stereocenters. The number of carbonyl (C=O) groups excluding carboxylic acids is 1. The summed E-state index contributed by atoms with van der Waals surface area (Å²) in [5.74, 6) is -0.696. The number of amides is 2. The van der Waals surface area contributed by atoms with Crippen LogP contribution in [0, 0.1) is 11.3 Å². The highest BCUT2D eigenvalue weighted by molar-refractivity contribution is 5.81. The molecular formula is C35H41N5O5. The Morgan fingerprint density at radius 1 is 0.956 bits per heavy atom. The van der Waals surface area contributed by atoms with Crippen molar-refractivity contribution in [3.63, 3.8) is 0 Å². The minimum atomic E-state index is -1.17. The summed E-state index contributed by atoms with van der Waals surface area (Å²) >= 11 is 0. The Hall–Kier alpha value is -4.44. The molecule has 6 rings (SSSR count). The molecule has 236 valence electrons. The summed E-state index contributed by atoms with van der Waals surface area (Å²) < 4.78 is 3.34. The van der Waals surface area contributed by atoms with Gasteiger partial charge in [0.05, 0.1) is 17.5 Å². The predicted molar refractivity (Wildman–Crippen MR) is 171 cm³/mol. The van der Waals surface area contributed by atoms with Gasteiger partial charge >= 0.3 is 6.09 Å². The first-order valence-corrected chi connectivity index (χ1v) is 15.6. The molecule has 2 aromatic heterocycles. The normalized spacial score (nSPS) is 22.0. The molecule has 0 spiro atoms. The van der Waals surface area contributed by atoms with Crippen molar-refractivity contribution in [1.29, 1.82) is 0 Å². The zero-order chi connectivity index (χ0) is 31.9. The standard InChI is InChI=1S/C35H41N5O5/c1-34(2,3)29-28(24-10-6-4-7-11-24)26(14-19-40(29)33(43)44)31(41)37-20-16-35(45,17-21-37)22-38-23-36-30-27(32(38)42)15-18-39(30)25-12-8-5-9-13-25/h4-13,15,18,23,26,28-29,45H,14,16-17,19-22H2,1-3H3,(H,43,44)/t26-,28+,29?/m1/s1. The van der Waals surface area contributed by atoms with Crippen molar-refractivity contribution in [2.75, 3.05) is 19.6 Å². The van der Waals surface area contributed by atoms with Gasteiger partial charge in [0.15, 0.2) is 5.65 Å². The van der Waals surface area contributed by atoms with Crippen LogP contribution < -0.4 is 5.56 Å². The van der Waals surface area contributed by atoms with Crippen molar-refractivity contribution in [2.24, 2.45) is 11.3 Å².